The van der Waals surface area contributed by atoms with Crippen LogP contribution in [0.2, 0.25) is 0 Å². The number of hydrogen-bond acceptors (Lipinski definition) is 3. The molecule has 4 rings (SSSR count). The Morgan fingerprint density at radius 2 is 1.03 bits per heavy atom. The maximum Gasteiger partial charge on any atom is 0.207 e. The molecule has 0 saturated carbocycles. The number of ketones is 1. The van der Waals surface area contributed by atoms with Crippen LogP contribution in [0.1, 0.15) is 17.3 Å². The van der Waals surface area contributed by atoms with Crippen LogP contribution in [-0.2, 0) is 0 Å². The van der Waals surface area contributed by atoms with Crippen LogP contribution in [-0.4, -0.2) is 16.0 Å². The van der Waals surface area contributed by atoms with Crippen molar-refractivity contribution < 1.29 is 32.6 Å². The third-order valence-electron chi connectivity index (χ3n) is 4.34. The molecule has 0 unspecified atom stereocenters. The Morgan fingerprint density at radius 3 is 1.38 bits per heavy atom. The molecule has 0 heterocycles. The molecule has 0 saturated heterocycles. The van der Waals surface area contributed by atoms with Gasteiger partial charge in [-0.3, -0.25) is 4.79 Å². The molecule has 7 heteroatoms. The van der Waals surface area contributed by atoms with Crippen LogP contribution in [0.4, 0.5) is 17.6 Å². The van der Waals surface area contributed by atoms with Gasteiger partial charge in [0.25, 0.3) is 0 Å². The lowest BCUT2D eigenvalue weighted by Gasteiger charge is -2.08. The average molecular weight is 402 g/mol. The molecule has 0 aromatic heterocycles. The Kier molecular flexibility index (Phi) is 5.41. The number of fused-ring (bicyclic) bond motifs is 2. The van der Waals surface area contributed by atoms with Gasteiger partial charge in [-0.25, -0.2) is 0 Å². The van der Waals surface area contributed by atoms with Crippen molar-refractivity contribution in [2.75, 3.05) is 0 Å². The third kappa shape index (κ3) is 3.59. The number of rotatable bonds is 1. The maximum atomic E-state index is 12.2. The number of Topliss-reactive ketones (excluding diaryl/α,β-unsaturated/α-hetero) is 1. The van der Waals surface area contributed by atoms with E-state index in [1.165, 1.54) is 0 Å². The summed E-state index contributed by atoms with van der Waals surface area (Å²) in [6.07, 6.45) is 0. The van der Waals surface area contributed by atoms with Crippen molar-refractivity contribution in [2.24, 2.45) is 0 Å². The quantitative estimate of drug-likeness (QED) is 0.138. The van der Waals surface area contributed by atoms with Crippen LogP contribution in [0, 0.1) is 23.3 Å². The first-order valence-corrected chi connectivity index (χ1v) is 8.39. The fraction of sp³-hybridized carbons (Fsp3) is 0.0455. The topological polar surface area (TPSA) is 57.5 Å². The lowest BCUT2D eigenvalue weighted by Crippen LogP contribution is -1.95. The lowest BCUT2D eigenvalue weighted by molar-refractivity contribution is 0.102. The predicted octanol–water partition coefficient (Wildman–Crippen LogP) is 5.85. The Morgan fingerprint density at radius 1 is 0.690 bits per heavy atom. The zero-order valence-corrected chi connectivity index (χ0v) is 15.0. The van der Waals surface area contributed by atoms with Crippen LogP contribution in [0.3, 0.4) is 0 Å². The highest BCUT2D eigenvalue weighted by Gasteiger charge is 2.24. The largest absolute Gasteiger partial charge is 0.503 e. The molecule has 0 radical (unpaired) electrons. The van der Waals surface area contributed by atoms with Crippen LogP contribution < -0.4 is 0 Å². The molecule has 148 valence electrons. The van der Waals surface area contributed by atoms with E-state index in [4.69, 9.17) is 10.2 Å². The van der Waals surface area contributed by atoms with E-state index >= 15 is 0 Å². The molecule has 0 atom stereocenters. The summed E-state index contributed by atoms with van der Waals surface area (Å²) in [5, 5.41) is 21.0. The summed E-state index contributed by atoms with van der Waals surface area (Å²) in [7, 11) is 0. The number of hydrogen-bond donors (Lipinski definition) is 2. The number of phenols is 2. The molecule has 0 spiro atoms. The van der Waals surface area contributed by atoms with Crippen molar-refractivity contribution in [2.45, 2.75) is 6.92 Å². The van der Waals surface area contributed by atoms with E-state index in [9.17, 15) is 22.4 Å². The zero-order chi connectivity index (χ0) is 21.3. The van der Waals surface area contributed by atoms with Gasteiger partial charge in [-0.2, -0.15) is 17.6 Å². The van der Waals surface area contributed by atoms with E-state index in [2.05, 4.69) is 6.07 Å². The molecule has 4 aromatic rings. The minimum atomic E-state index is -2.02. The Balaban J connectivity index is 0.000000177. The summed E-state index contributed by atoms with van der Waals surface area (Å²) in [5.41, 5.74) is 0.832. The molecular weight excluding hydrogens is 388 g/mol. The summed E-state index contributed by atoms with van der Waals surface area (Å²) in [6, 6.07) is 18.2. The third-order valence-corrected chi connectivity index (χ3v) is 4.34. The molecule has 29 heavy (non-hydrogen) atoms. The molecule has 0 aliphatic rings. The molecule has 4 aromatic carbocycles. The Bertz CT molecular complexity index is 1090. The van der Waals surface area contributed by atoms with Gasteiger partial charge in [-0.1, -0.05) is 48.5 Å². The molecule has 2 N–H and O–H groups in total. The summed E-state index contributed by atoms with van der Waals surface area (Å²) >= 11 is 0. The van der Waals surface area contributed by atoms with Crippen LogP contribution in [0.5, 0.6) is 11.5 Å². The normalized spacial score (nSPS) is 10.7. The van der Waals surface area contributed by atoms with E-state index in [0.717, 1.165) is 27.1 Å². The van der Waals surface area contributed by atoms with Crippen molar-refractivity contribution in [1.82, 2.24) is 0 Å². The molecule has 0 aliphatic heterocycles. The van der Waals surface area contributed by atoms with Gasteiger partial charge in [0, 0.05) is 5.56 Å². The highest BCUT2D eigenvalue weighted by atomic mass is 19.2. The fourth-order valence-corrected chi connectivity index (χ4v) is 3.00. The first-order chi connectivity index (χ1) is 13.7. The van der Waals surface area contributed by atoms with Crippen LogP contribution in [0.15, 0.2) is 54.6 Å². The molecule has 3 nitrogen and oxygen atoms in total. The van der Waals surface area contributed by atoms with Gasteiger partial charge in [0.1, 0.15) is 0 Å². The Labute approximate surface area is 162 Å². The lowest BCUT2D eigenvalue weighted by atomic mass is 9.95. The van der Waals surface area contributed by atoms with Gasteiger partial charge >= 0.3 is 0 Å². The van der Waals surface area contributed by atoms with Crippen molar-refractivity contribution in [3.63, 3.8) is 0 Å². The minimum absolute atomic E-state index is 0.123. The van der Waals surface area contributed by atoms with E-state index in [1.54, 1.807) is 6.92 Å². The molecule has 0 amide bonds. The van der Waals surface area contributed by atoms with E-state index in [1.807, 2.05) is 48.5 Å². The Hall–Kier alpha value is -3.61. The summed E-state index contributed by atoms with van der Waals surface area (Å²) in [6.45, 7) is 1.63. The van der Waals surface area contributed by atoms with Gasteiger partial charge in [-0.05, 0) is 34.5 Å². The first kappa shape index (κ1) is 20.1. The van der Waals surface area contributed by atoms with Crippen LogP contribution in [0.25, 0.3) is 21.5 Å². The second-order valence-electron chi connectivity index (χ2n) is 6.20. The molecule has 0 aliphatic carbocycles. The predicted molar refractivity (Wildman–Crippen MR) is 101 cm³/mol. The van der Waals surface area contributed by atoms with Gasteiger partial charge in [0.05, 0.1) is 0 Å². The smallest absolute Gasteiger partial charge is 0.207 e. The highest BCUT2D eigenvalue weighted by molar-refractivity contribution is 6.18. The van der Waals surface area contributed by atoms with Crippen LogP contribution >= 0.6 is 0 Å². The standard InChI is InChI=1S/C16H12O.C6H2F4O2/c1-11(17)16-14-8-4-2-6-12(14)10-13-7-3-5-9-15(13)16;7-1-2(8)6(12)4(10)3(9)5(1)11/h2-10H,1H3;11-12H. The van der Waals surface area contributed by atoms with Gasteiger partial charge < -0.3 is 10.2 Å². The van der Waals surface area contributed by atoms with Crippen molar-refractivity contribution >= 4 is 27.3 Å². The molecule has 0 bridgehead atoms. The summed E-state index contributed by atoms with van der Waals surface area (Å²) in [4.78, 5) is 11.9. The number of halogens is 4. The van der Waals surface area contributed by atoms with Gasteiger partial charge in [-0.15, -0.1) is 0 Å². The fourth-order valence-electron chi connectivity index (χ4n) is 3.00. The summed E-state index contributed by atoms with van der Waals surface area (Å²) < 4.78 is 49.0. The average Bonchev–Trinajstić information content (AvgIpc) is 2.73. The van der Waals surface area contributed by atoms with Crippen molar-refractivity contribution in [3.05, 3.63) is 83.4 Å². The second-order valence-corrected chi connectivity index (χ2v) is 6.20. The SMILES string of the molecule is CC(=O)c1c2ccccc2cc2ccccc12.Oc1c(F)c(F)c(O)c(F)c1F. The number of phenolic OH excluding ortho intramolecular Hbond substituents is 2. The van der Waals surface area contributed by atoms with E-state index < -0.39 is 34.8 Å². The summed E-state index contributed by atoms with van der Waals surface area (Å²) in [5.74, 6) is -11.5. The maximum absolute atomic E-state index is 12.2. The highest BCUT2D eigenvalue weighted by Crippen LogP contribution is 2.32. The van der Waals surface area contributed by atoms with Crippen molar-refractivity contribution in [1.29, 1.82) is 0 Å². The second kappa shape index (κ2) is 7.79. The molecule has 0 fully saturated rings. The van der Waals surface area contributed by atoms with Gasteiger partial charge in [0.15, 0.2) is 17.3 Å². The first-order valence-electron chi connectivity index (χ1n) is 8.39. The van der Waals surface area contributed by atoms with E-state index in [-0.39, 0.29) is 5.78 Å². The van der Waals surface area contributed by atoms with E-state index in [0.29, 0.717) is 0 Å². The van der Waals surface area contributed by atoms with Crippen molar-refractivity contribution in [3.8, 4) is 11.5 Å². The number of carbonyl (C=O) groups excluding carboxylic acids is 1. The minimum Gasteiger partial charge on any atom is -0.503 e. The zero-order valence-electron chi connectivity index (χ0n) is 15.0. The van der Waals surface area contributed by atoms with Gasteiger partial charge in [0.2, 0.25) is 23.3 Å². The molecular formula is C22H14F4O3. The number of benzene rings is 4. The monoisotopic (exact) mass is 402 g/mol. The number of carbonyl (C=O) groups is 1. The number of aromatic hydroxyl groups is 2.